The molecule has 0 bridgehead atoms. The van der Waals surface area contributed by atoms with Crippen LogP contribution < -0.4 is 0 Å². The van der Waals surface area contributed by atoms with Gasteiger partial charge in [0.15, 0.2) is 8.32 Å². The smallest absolute Gasteiger partial charge is 0.435 e. The Labute approximate surface area is 86.9 Å². The lowest BCUT2D eigenvalue weighted by Crippen LogP contribution is -2.49. The maximum absolute atomic E-state index is 8.56. The van der Waals surface area contributed by atoms with Crippen molar-refractivity contribution in [1.29, 1.82) is 0 Å². The van der Waals surface area contributed by atoms with Crippen molar-refractivity contribution in [3.63, 3.8) is 0 Å². The Hall–Kier alpha value is 0.411. The lowest BCUT2D eigenvalue weighted by Gasteiger charge is -2.29. The molecule has 0 saturated heterocycles. The van der Waals surface area contributed by atoms with Gasteiger partial charge in [-0.1, -0.05) is 0 Å². The van der Waals surface area contributed by atoms with Gasteiger partial charge in [0.1, 0.15) is 0 Å². The zero-order valence-corrected chi connectivity index (χ0v) is 12.1. The SMILES string of the molecule is C[Si](C)(C)O[Si](C)(C)OO[Si](O)(O)O. The molecule has 0 rings (SSSR count). The van der Waals surface area contributed by atoms with Crippen molar-refractivity contribution in [3.05, 3.63) is 0 Å². The van der Waals surface area contributed by atoms with E-state index in [0.717, 1.165) is 0 Å². The summed E-state index contributed by atoms with van der Waals surface area (Å²) in [6.07, 6.45) is 0. The molecule has 86 valence electrons. The Morgan fingerprint density at radius 2 is 1.21 bits per heavy atom. The summed E-state index contributed by atoms with van der Waals surface area (Å²) in [5, 5.41) is 0. The molecule has 0 aromatic rings. The zero-order chi connectivity index (χ0) is 11.6. The van der Waals surface area contributed by atoms with Gasteiger partial charge in [0, 0.05) is 0 Å². The second kappa shape index (κ2) is 4.51. The molecule has 14 heavy (non-hydrogen) atoms. The van der Waals surface area contributed by atoms with Gasteiger partial charge in [-0.25, -0.2) is 4.58 Å². The predicted octanol–water partition coefficient (Wildman–Crippen LogP) is -0.0996. The summed E-state index contributed by atoms with van der Waals surface area (Å²) in [5.74, 6) is 0. The van der Waals surface area contributed by atoms with E-state index in [1.165, 1.54) is 0 Å². The molecular formula is C5H18O6Si3. The number of rotatable bonds is 5. The second-order valence-corrected chi connectivity index (χ2v) is 13.7. The van der Waals surface area contributed by atoms with Crippen molar-refractivity contribution in [3.8, 4) is 0 Å². The molecule has 0 amide bonds. The van der Waals surface area contributed by atoms with Crippen molar-refractivity contribution in [1.82, 2.24) is 0 Å². The third-order valence-electron chi connectivity index (χ3n) is 0.906. The van der Waals surface area contributed by atoms with Crippen LogP contribution >= 0.6 is 0 Å². The van der Waals surface area contributed by atoms with Crippen molar-refractivity contribution >= 4 is 25.9 Å². The Morgan fingerprint density at radius 1 is 0.786 bits per heavy atom. The van der Waals surface area contributed by atoms with E-state index in [9.17, 15) is 0 Å². The molecule has 0 aromatic heterocycles. The Morgan fingerprint density at radius 3 is 1.50 bits per heavy atom. The molecule has 3 N–H and O–H groups in total. The molecule has 0 fully saturated rings. The first-order valence-corrected chi connectivity index (χ1v) is 12.1. The molecule has 0 radical (unpaired) electrons. The van der Waals surface area contributed by atoms with Crippen molar-refractivity contribution < 1.29 is 27.7 Å². The third-order valence-corrected chi connectivity index (χ3v) is 6.28. The Kier molecular flexibility index (Phi) is 4.64. The highest BCUT2D eigenvalue weighted by molar-refractivity contribution is 6.81. The van der Waals surface area contributed by atoms with Crippen molar-refractivity contribution in [2.24, 2.45) is 0 Å². The van der Waals surface area contributed by atoms with Crippen LogP contribution in [-0.2, 0) is 13.3 Å². The topological polar surface area (TPSA) is 88.4 Å². The van der Waals surface area contributed by atoms with E-state index in [-0.39, 0.29) is 0 Å². The molecule has 9 heteroatoms. The van der Waals surface area contributed by atoms with E-state index in [0.29, 0.717) is 0 Å². The maximum atomic E-state index is 8.56. The van der Waals surface area contributed by atoms with Crippen LogP contribution in [0.3, 0.4) is 0 Å². The summed E-state index contributed by atoms with van der Waals surface area (Å²) in [4.78, 5) is 25.7. The average molecular weight is 258 g/mol. The summed E-state index contributed by atoms with van der Waals surface area (Å²) >= 11 is 0. The van der Waals surface area contributed by atoms with Gasteiger partial charge in [0.2, 0.25) is 0 Å². The van der Waals surface area contributed by atoms with Crippen LogP contribution in [0, 0.1) is 0 Å². The minimum atomic E-state index is -4.59. The maximum Gasteiger partial charge on any atom is 0.698 e. The molecule has 0 saturated carbocycles. The van der Waals surface area contributed by atoms with Gasteiger partial charge in [0.05, 0.1) is 0 Å². The molecule has 0 aliphatic rings. The zero-order valence-electron chi connectivity index (χ0n) is 9.07. The first kappa shape index (κ1) is 14.4. The lowest BCUT2D eigenvalue weighted by molar-refractivity contribution is -0.197. The summed E-state index contributed by atoms with van der Waals surface area (Å²) in [7, 11) is -8.91. The van der Waals surface area contributed by atoms with Crippen LogP contribution in [0.4, 0.5) is 0 Å². The van der Waals surface area contributed by atoms with Crippen LogP contribution in [0.25, 0.3) is 0 Å². The molecule has 0 unspecified atom stereocenters. The van der Waals surface area contributed by atoms with Gasteiger partial charge in [-0.15, -0.1) is 0 Å². The van der Waals surface area contributed by atoms with Gasteiger partial charge < -0.3 is 18.5 Å². The van der Waals surface area contributed by atoms with E-state index in [4.69, 9.17) is 23.1 Å². The molecule has 0 heterocycles. The van der Waals surface area contributed by atoms with Crippen molar-refractivity contribution in [2.45, 2.75) is 32.7 Å². The quantitative estimate of drug-likeness (QED) is 0.363. The van der Waals surface area contributed by atoms with Gasteiger partial charge in [-0.2, -0.15) is 0 Å². The minimum Gasteiger partial charge on any atom is -0.435 e. The number of hydrogen-bond acceptors (Lipinski definition) is 6. The fraction of sp³-hybridized carbons (Fsp3) is 1.00. The Bertz CT molecular complexity index is 183. The van der Waals surface area contributed by atoms with E-state index >= 15 is 0 Å². The Balaban J connectivity index is 4.09. The summed E-state index contributed by atoms with van der Waals surface area (Å²) in [6, 6.07) is 0. The summed E-state index contributed by atoms with van der Waals surface area (Å²) < 4.78 is 14.5. The summed E-state index contributed by atoms with van der Waals surface area (Å²) in [5.41, 5.74) is 0. The summed E-state index contributed by atoms with van der Waals surface area (Å²) in [6.45, 7) is 9.34. The normalized spacial score (nSPS) is 14.6. The van der Waals surface area contributed by atoms with E-state index in [2.05, 4.69) is 4.58 Å². The third kappa shape index (κ3) is 8.98. The first-order valence-electron chi connectivity index (χ1n) is 4.15. The molecule has 0 aromatic carbocycles. The highest BCUT2D eigenvalue weighted by Gasteiger charge is 2.39. The molecule has 0 spiro atoms. The first-order chi connectivity index (χ1) is 5.91. The molecular weight excluding hydrogens is 240 g/mol. The van der Waals surface area contributed by atoms with Crippen LogP contribution in [0.5, 0.6) is 0 Å². The van der Waals surface area contributed by atoms with Crippen LogP contribution in [-0.4, -0.2) is 40.3 Å². The van der Waals surface area contributed by atoms with Crippen LogP contribution in [0.1, 0.15) is 0 Å². The molecule has 6 nitrogen and oxygen atoms in total. The number of hydrogen-bond donors (Lipinski definition) is 3. The highest BCUT2D eigenvalue weighted by atomic mass is 28.4. The lowest BCUT2D eigenvalue weighted by atomic mass is 11.8. The largest absolute Gasteiger partial charge is 0.698 e. The molecule has 0 atom stereocenters. The fourth-order valence-corrected chi connectivity index (χ4v) is 8.20. The fourth-order valence-electron chi connectivity index (χ4n) is 0.911. The van der Waals surface area contributed by atoms with E-state index < -0.39 is 25.9 Å². The minimum absolute atomic E-state index is 1.70. The van der Waals surface area contributed by atoms with Gasteiger partial charge >= 0.3 is 17.6 Å². The highest BCUT2D eigenvalue weighted by Crippen LogP contribution is 2.16. The van der Waals surface area contributed by atoms with E-state index in [1.54, 1.807) is 13.1 Å². The van der Waals surface area contributed by atoms with Crippen molar-refractivity contribution in [2.75, 3.05) is 0 Å². The van der Waals surface area contributed by atoms with Gasteiger partial charge in [0.25, 0.3) is 0 Å². The van der Waals surface area contributed by atoms with Gasteiger partial charge in [-0.3, -0.25) is 4.58 Å². The second-order valence-electron chi connectivity index (χ2n) is 4.35. The van der Waals surface area contributed by atoms with E-state index in [1.807, 2.05) is 19.6 Å². The van der Waals surface area contributed by atoms with Crippen LogP contribution in [0.2, 0.25) is 32.7 Å². The predicted molar refractivity (Wildman–Crippen MR) is 56.5 cm³/mol. The van der Waals surface area contributed by atoms with Gasteiger partial charge in [-0.05, 0) is 32.7 Å². The monoisotopic (exact) mass is 258 g/mol. The molecule has 0 aliphatic heterocycles. The van der Waals surface area contributed by atoms with Crippen LogP contribution in [0.15, 0.2) is 0 Å². The average Bonchev–Trinajstić information content (AvgIpc) is 1.76. The standard InChI is InChI=1S/C5H18O6Si3/c1-12(2,3)11-13(4,5)9-10-14(6,7)8/h6-8H,1-5H3. The molecule has 0 aliphatic carbocycles.